The van der Waals surface area contributed by atoms with E-state index in [9.17, 15) is 13.6 Å². The lowest BCUT2D eigenvalue weighted by molar-refractivity contribution is -0.168. The molecule has 0 rings (SSSR count). The first-order valence-electron chi connectivity index (χ1n) is 3.58. The van der Waals surface area contributed by atoms with Crippen molar-refractivity contribution in [1.29, 1.82) is 0 Å². The second-order valence-electron chi connectivity index (χ2n) is 2.68. The van der Waals surface area contributed by atoms with E-state index < -0.39 is 24.6 Å². The third-order valence-electron chi connectivity index (χ3n) is 1.61. The minimum Gasteiger partial charge on any atom is -0.468 e. The molecule has 0 aromatic carbocycles. The first-order chi connectivity index (χ1) is 5.96. The van der Waals surface area contributed by atoms with Crippen molar-refractivity contribution < 1.29 is 23.0 Å². The van der Waals surface area contributed by atoms with E-state index in [1.807, 2.05) is 0 Å². The van der Waals surface area contributed by atoms with Gasteiger partial charge in [-0.1, -0.05) is 6.08 Å². The summed E-state index contributed by atoms with van der Waals surface area (Å²) in [7, 11) is 1.17. The molecule has 0 aromatic rings. The highest BCUT2D eigenvalue weighted by molar-refractivity contribution is 5.78. The van der Waals surface area contributed by atoms with E-state index in [2.05, 4.69) is 16.1 Å². The molecule has 13 heavy (non-hydrogen) atoms. The van der Waals surface area contributed by atoms with Gasteiger partial charge in [-0.15, -0.1) is 6.58 Å². The number of esters is 1. The highest BCUT2D eigenvalue weighted by Crippen LogP contribution is 2.21. The molecule has 0 saturated carbocycles. The summed E-state index contributed by atoms with van der Waals surface area (Å²) in [6.07, 6.45) is 1.22. The van der Waals surface area contributed by atoms with Gasteiger partial charge < -0.3 is 9.47 Å². The molecule has 0 saturated heterocycles. The average Bonchev–Trinajstić information content (AvgIpc) is 2.12. The molecular formula is C8H12F2O3. The number of halogens is 2. The van der Waals surface area contributed by atoms with Crippen LogP contribution in [0, 0.1) is 5.41 Å². The lowest BCUT2D eigenvalue weighted by Gasteiger charge is -2.21. The van der Waals surface area contributed by atoms with Crippen molar-refractivity contribution in [3.05, 3.63) is 12.7 Å². The van der Waals surface area contributed by atoms with Crippen molar-refractivity contribution in [2.24, 2.45) is 5.41 Å². The van der Waals surface area contributed by atoms with Gasteiger partial charge in [0.1, 0.15) is 5.41 Å². The number of ether oxygens (including phenoxy) is 2. The van der Waals surface area contributed by atoms with Crippen LogP contribution < -0.4 is 0 Å². The summed E-state index contributed by atoms with van der Waals surface area (Å²) in [5.41, 5.74) is -1.22. The Labute approximate surface area is 75.3 Å². The summed E-state index contributed by atoms with van der Waals surface area (Å²) in [4.78, 5) is 11.1. The van der Waals surface area contributed by atoms with Crippen molar-refractivity contribution in [1.82, 2.24) is 0 Å². The van der Waals surface area contributed by atoms with Crippen molar-refractivity contribution in [3.8, 4) is 0 Å². The van der Waals surface area contributed by atoms with Crippen molar-refractivity contribution in [2.45, 2.75) is 13.5 Å². The van der Waals surface area contributed by atoms with E-state index in [4.69, 9.17) is 0 Å². The lowest BCUT2D eigenvalue weighted by Crippen LogP contribution is -2.32. The standard InChI is InChI=1S/C8H12F2O3/c1-4-8(2,6(11)12-3)5-13-7(9)10/h4,7H,1,5H2,2-3H3. The molecule has 1 unspecified atom stereocenters. The normalized spacial score (nSPS) is 15.2. The Kier molecular flexibility index (Phi) is 4.55. The minimum absolute atomic E-state index is 0.444. The molecule has 3 nitrogen and oxygen atoms in total. The number of carbonyl (C=O) groups is 1. The fraction of sp³-hybridized carbons (Fsp3) is 0.625. The predicted octanol–water partition coefficient (Wildman–Crippen LogP) is 1.59. The number of alkyl halides is 2. The second kappa shape index (κ2) is 4.91. The van der Waals surface area contributed by atoms with E-state index in [1.165, 1.54) is 20.1 Å². The summed E-state index contributed by atoms with van der Waals surface area (Å²) in [5.74, 6) is -0.650. The van der Waals surface area contributed by atoms with Crippen LogP contribution >= 0.6 is 0 Å². The van der Waals surface area contributed by atoms with E-state index in [1.54, 1.807) is 0 Å². The van der Waals surface area contributed by atoms with E-state index in [0.717, 1.165) is 0 Å². The van der Waals surface area contributed by atoms with Gasteiger partial charge in [-0.3, -0.25) is 4.79 Å². The van der Waals surface area contributed by atoms with Gasteiger partial charge in [-0.05, 0) is 6.92 Å². The van der Waals surface area contributed by atoms with Gasteiger partial charge in [0.05, 0.1) is 13.7 Å². The second-order valence-corrected chi connectivity index (χ2v) is 2.68. The monoisotopic (exact) mass is 194 g/mol. The first-order valence-corrected chi connectivity index (χ1v) is 3.58. The molecule has 0 aromatic heterocycles. The Morgan fingerprint density at radius 3 is 2.54 bits per heavy atom. The van der Waals surface area contributed by atoms with Crippen LogP contribution in [-0.4, -0.2) is 26.3 Å². The van der Waals surface area contributed by atoms with Gasteiger partial charge in [0.2, 0.25) is 0 Å². The maximum Gasteiger partial charge on any atom is 0.345 e. The molecule has 0 radical (unpaired) electrons. The Balaban J connectivity index is 4.28. The van der Waals surface area contributed by atoms with E-state index >= 15 is 0 Å². The molecule has 0 heterocycles. The average molecular weight is 194 g/mol. The topological polar surface area (TPSA) is 35.5 Å². The molecule has 0 bridgehead atoms. The van der Waals surface area contributed by atoms with Crippen LogP contribution in [0.2, 0.25) is 0 Å². The molecule has 0 fully saturated rings. The highest BCUT2D eigenvalue weighted by atomic mass is 19.3. The number of hydrogen-bond acceptors (Lipinski definition) is 3. The highest BCUT2D eigenvalue weighted by Gasteiger charge is 2.32. The fourth-order valence-electron chi connectivity index (χ4n) is 0.670. The van der Waals surface area contributed by atoms with Gasteiger partial charge in [0.15, 0.2) is 0 Å². The maximum atomic E-state index is 11.7. The molecule has 0 spiro atoms. The van der Waals surface area contributed by atoms with Crippen LogP contribution in [0.4, 0.5) is 8.78 Å². The first kappa shape index (κ1) is 12.0. The molecule has 0 aliphatic rings. The zero-order valence-electron chi connectivity index (χ0n) is 7.55. The van der Waals surface area contributed by atoms with Crippen LogP contribution in [0.15, 0.2) is 12.7 Å². The van der Waals surface area contributed by atoms with Crippen molar-refractivity contribution >= 4 is 5.97 Å². The number of carbonyl (C=O) groups excluding carboxylic acids is 1. The summed E-state index contributed by atoms with van der Waals surface area (Å²) in [6.45, 7) is 1.42. The van der Waals surface area contributed by atoms with Gasteiger partial charge in [0.25, 0.3) is 0 Å². The SMILES string of the molecule is C=CC(C)(COC(F)F)C(=O)OC. The van der Waals surface area contributed by atoms with E-state index in [-0.39, 0.29) is 0 Å². The summed E-state index contributed by atoms with van der Waals surface area (Å²) in [6, 6.07) is 0. The number of rotatable bonds is 5. The van der Waals surface area contributed by atoms with Crippen molar-refractivity contribution in [2.75, 3.05) is 13.7 Å². The van der Waals surface area contributed by atoms with Gasteiger partial charge in [-0.25, -0.2) is 0 Å². The number of methoxy groups -OCH3 is 1. The Hall–Kier alpha value is -0.970. The smallest absolute Gasteiger partial charge is 0.345 e. The van der Waals surface area contributed by atoms with Crippen LogP contribution in [0.25, 0.3) is 0 Å². The van der Waals surface area contributed by atoms with Crippen LogP contribution in [0.5, 0.6) is 0 Å². The molecule has 1 atom stereocenters. The molecule has 5 heteroatoms. The third kappa shape index (κ3) is 3.50. The van der Waals surface area contributed by atoms with Crippen LogP contribution in [-0.2, 0) is 14.3 Å². The molecule has 0 aliphatic carbocycles. The quantitative estimate of drug-likeness (QED) is 0.492. The summed E-state index contributed by atoms with van der Waals surface area (Å²) in [5, 5.41) is 0. The van der Waals surface area contributed by atoms with E-state index in [0.29, 0.717) is 0 Å². The fourth-order valence-corrected chi connectivity index (χ4v) is 0.670. The van der Waals surface area contributed by atoms with Crippen molar-refractivity contribution in [3.63, 3.8) is 0 Å². The predicted molar refractivity (Wildman–Crippen MR) is 42.3 cm³/mol. The van der Waals surface area contributed by atoms with Gasteiger partial charge in [0, 0.05) is 0 Å². The molecule has 0 N–H and O–H groups in total. The number of hydrogen-bond donors (Lipinski definition) is 0. The zero-order valence-corrected chi connectivity index (χ0v) is 7.55. The Morgan fingerprint density at radius 2 is 2.23 bits per heavy atom. The lowest BCUT2D eigenvalue weighted by atomic mass is 9.92. The molecule has 0 amide bonds. The third-order valence-corrected chi connectivity index (χ3v) is 1.61. The van der Waals surface area contributed by atoms with Gasteiger partial charge in [-0.2, -0.15) is 8.78 Å². The Morgan fingerprint density at radius 1 is 1.69 bits per heavy atom. The zero-order chi connectivity index (χ0) is 10.5. The molecule has 0 aliphatic heterocycles. The van der Waals surface area contributed by atoms with Crippen LogP contribution in [0.1, 0.15) is 6.92 Å². The summed E-state index contributed by atoms with van der Waals surface area (Å²) < 4.78 is 31.7. The minimum atomic E-state index is -2.90. The summed E-state index contributed by atoms with van der Waals surface area (Å²) >= 11 is 0. The van der Waals surface area contributed by atoms with Crippen LogP contribution in [0.3, 0.4) is 0 Å². The Bertz CT molecular complexity index is 194. The molecular weight excluding hydrogens is 182 g/mol. The maximum absolute atomic E-state index is 11.7. The largest absolute Gasteiger partial charge is 0.468 e. The molecule has 76 valence electrons. The van der Waals surface area contributed by atoms with Gasteiger partial charge >= 0.3 is 12.6 Å².